The van der Waals surface area contributed by atoms with Crippen LogP contribution in [0.1, 0.15) is 32.6 Å². The molecule has 3 aliphatic rings. The van der Waals surface area contributed by atoms with E-state index in [2.05, 4.69) is 24.0 Å². The lowest BCUT2D eigenvalue weighted by Crippen LogP contribution is -2.24. The van der Waals surface area contributed by atoms with Crippen molar-refractivity contribution in [2.24, 2.45) is 23.7 Å². The van der Waals surface area contributed by atoms with Crippen molar-refractivity contribution in [1.29, 1.82) is 0 Å². The number of rotatable bonds is 6. The minimum absolute atomic E-state index is 0.947. The van der Waals surface area contributed by atoms with Crippen LogP contribution in [-0.2, 0) is 0 Å². The first-order valence-electron chi connectivity index (χ1n) is 6.73. The van der Waals surface area contributed by atoms with Crippen LogP contribution in [0.3, 0.4) is 0 Å². The molecule has 0 radical (unpaired) electrons. The molecule has 0 aromatic heterocycles. The van der Waals surface area contributed by atoms with Gasteiger partial charge in [-0.1, -0.05) is 6.92 Å². The molecule has 3 aliphatic carbocycles. The zero-order valence-corrected chi connectivity index (χ0v) is 10.6. The second-order valence-corrected chi connectivity index (χ2v) is 6.91. The molecule has 3 fully saturated rings. The van der Waals surface area contributed by atoms with E-state index in [1.54, 1.807) is 19.3 Å². The first kappa shape index (κ1) is 10.5. The maximum absolute atomic E-state index is 3.81. The second-order valence-electron chi connectivity index (χ2n) is 5.52. The van der Waals surface area contributed by atoms with Crippen molar-refractivity contribution in [1.82, 2.24) is 5.32 Å². The minimum Gasteiger partial charge on any atom is -0.313 e. The number of nitrogens with one attached hydrogen (secondary N) is 1. The summed E-state index contributed by atoms with van der Waals surface area (Å²) in [6.07, 6.45) is 6.05. The van der Waals surface area contributed by atoms with Crippen LogP contribution in [0.5, 0.6) is 0 Å². The fraction of sp³-hybridized carbons (Fsp3) is 1.00. The second kappa shape index (κ2) is 4.29. The molecule has 1 N–H and O–H groups in total. The summed E-state index contributed by atoms with van der Waals surface area (Å²) >= 11 is 2.07. The lowest BCUT2D eigenvalue weighted by Gasteiger charge is -2.10. The van der Waals surface area contributed by atoms with E-state index in [4.69, 9.17) is 0 Å². The van der Waals surface area contributed by atoms with Gasteiger partial charge in [-0.15, -0.1) is 0 Å². The van der Waals surface area contributed by atoms with E-state index < -0.39 is 0 Å². The molecule has 2 heteroatoms. The van der Waals surface area contributed by atoms with Gasteiger partial charge in [0.1, 0.15) is 0 Å². The molecule has 0 spiro atoms. The van der Waals surface area contributed by atoms with Crippen molar-refractivity contribution < 1.29 is 0 Å². The van der Waals surface area contributed by atoms with Crippen molar-refractivity contribution in [3.05, 3.63) is 0 Å². The van der Waals surface area contributed by atoms with E-state index in [-0.39, 0.29) is 0 Å². The van der Waals surface area contributed by atoms with Crippen LogP contribution >= 0.6 is 11.8 Å². The van der Waals surface area contributed by atoms with Gasteiger partial charge in [0.15, 0.2) is 0 Å². The van der Waals surface area contributed by atoms with Crippen LogP contribution in [0.25, 0.3) is 0 Å². The van der Waals surface area contributed by atoms with Crippen LogP contribution in [0.4, 0.5) is 0 Å². The summed E-state index contributed by atoms with van der Waals surface area (Å²) in [5.41, 5.74) is 0. The van der Waals surface area contributed by atoms with Gasteiger partial charge >= 0.3 is 0 Å². The highest BCUT2D eigenvalue weighted by molar-refractivity contribution is 7.99. The fourth-order valence-electron chi connectivity index (χ4n) is 4.19. The third kappa shape index (κ3) is 1.84. The van der Waals surface area contributed by atoms with E-state index in [0.29, 0.717) is 0 Å². The molecule has 0 heterocycles. The molecule has 3 saturated carbocycles. The molecular weight excluding hydrogens is 202 g/mol. The zero-order valence-electron chi connectivity index (χ0n) is 9.74. The van der Waals surface area contributed by atoms with Gasteiger partial charge < -0.3 is 5.32 Å². The normalized spacial score (nSPS) is 45.8. The Hall–Kier alpha value is 0.310. The van der Waals surface area contributed by atoms with E-state index in [0.717, 1.165) is 29.7 Å². The molecular formula is C13H23NS. The maximum atomic E-state index is 3.81. The number of thioether (sulfide) groups is 1. The van der Waals surface area contributed by atoms with Gasteiger partial charge in [0, 0.05) is 6.04 Å². The van der Waals surface area contributed by atoms with Crippen molar-refractivity contribution >= 4 is 11.8 Å². The summed E-state index contributed by atoms with van der Waals surface area (Å²) in [4.78, 5) is 0. The fourth-order valence-corrected chi connectivity index (χ4v) is 4.82. The molecule has 0 aliphatic heterocycles. The highest BCUT2D eigenvalue weighted by atomic mass is 32.2. The van der Waals surface area contributed by atoms with Crippen molar-refractivity contribution in [3.63, 3.8) is 0 Å². The predicted octanol–water partition coefficient (Wildman–Crippen LogP) is 2.76. The van der Waals surface area contributed by atoms with Crippen molar-refractivity contribution in [2.45, 2.75) is 38.6 Å². The largest absolute Gasteiger partial charge is 0.313 e. The Morgan fingerprint density at radius 3 is 2.60 bits per heavy atom. The predicted molar refractivity (Wildman–Crippen MR) is 67.2 cm³/mol. The summed E-state index contributed by atoms with van der Waals surface area (Å²) in [6, 6.07) is 0.947. The van der Waals surface area contributed by atoms with E-state index in [1.165, 1.54) is 24.5 Å². The van der Waals surface area contributed by atoms with Crippen LogP contribution in [0.15, 0.2) is 0 Å². The molecule has 0 aromatic carbocycles. The monoisotopic (exact) mass is 225 g/mol. The van der Waals surface area contributed by atoms with E-state index in [9.17, 15) is 0 Å². The number of fused-ring (bicyclic) bond motifs is 5. The standard InChI is InChI=1S/C13H23NS/c1-2-15-7-3-6-14-13-11-9-4-5-10(8-9)12(11)13/h9-14H,2-8H2,1H3. The third-order valence-corrected chi connectivity index (χ3v) is 5.77. The topological polar surface area (TPSA) is 12.0 Å². The molecule has 3 rings (SSSR count). The molecule has 4 unspecified atom stereocenters. The van der Waals surface area contributed by atoms with Gasteiger partial charge in [0.2, 0.25) is 0 Å². The Bertz CT molecular complexity index is 215. The average Bonchev–Trinajstić information content (AvgIpc) is 2.67. The molecule has 2 bridgehead atoms. The molecule has 0 saturated heterocycles. The first-order chi connectivity index (χ1) is 7.42. The van der Waals surface area contributed by atoms with Gasteiger partial charge in [0.05, 0.1) is 0 Å². The Labute approximate surface area is 97.8 Å². The maximum Gasteiger partial charge on any atom is 0.0135 e. The SMILES string of the molecule is CCSCCCNC1C2C3CCC(C3)C12. The van der Waals surface area contributed by atoms with E-state index in [1.807, 2.05) is 0 Å². The lowest BCUT2D eigenvalue weighted by atomic mass is 10.0. The minimum atomic E-state index is 0.947. The molecule has 15 heavy (non-hydrogen) atoms. The highest BCUT2D eigenvalue weighted by Crippen LogP contribution is 2.65. The Morgan fingerprint density at radius 1 is 1.20 bits per heavy atom. The Balaban J connectivity index is 1.34. The average molecular weight is 225 g/mol. The first-order valence-corrected chi connectivity index (χ1v) is 7.88. The van der Waals surface area contributed by atoms with Crippen LogP contribution in [0.2, 0.25) is 0 Å². The summed E-state index contributed by atoms with van der Waals surface area (Å²) in [5, 5.41) is 3.81. The zero-order chi connectivity index (χ0) is 10.3. The Morgan fingerprint density at radius 2 is 1.93 bits per heavy atom. The summed E-state index contributed by atoms with van der Waals surface area (Å²) < 4.78 is 0. The summed E-state index contributed by atoms with van der Waals surface area (Å²) in [6.45, 7) is 3.52. The van der Waals surface area contributed by atoms with Crippen molar-refractivity contribution in [2.75, 3.05) is 18.1 Å². The summed E-state index contributed by atoms with van der Waals surface area (Å²) in [7, 11) is 0. The molecule has 0 amide bonds. The molecule has 86 valence electrons. The van der Waals surface area contributed by atoms with Crippen LogP contribution in [-0.4, -0.2) is 24.1 Å². The van der Waals surface area contributed by atoms with Gasteiger partial charge in [0.25, 0.3) is 0 Å². The lowest BCUT2D eigenvalue weighted by molar-refractivity contribution is 0.456. The van der Waals surface area contributed by atoms with Crippen LogP contribution < -0.4 is 5.32 Å². The third-order valence-electron chi connectivity index (χ3n) is 4.78. The molecule has 4 atom stereocenters. The van der Waals surface area contributed by atoms with Crippen LogP contribution in [0, 0.1) is 23.7 Å². The number of hydrogen-bond acceptors (Lipinski definition) is 2. The quantitative estimate of drug-likeness (QED) is 0.698. The molecule has 1 nitrogen and oxygen atoms in total. The highest BCUT2D eigenvalue weighted by Gasteiger charge is 2.64. The smallest absolute Gasteiger partial charge is 0.0135 e. The summed E-state index contributed by atoms with van der Waals surface area (Å²) in [5.74, 6) is 7.10. The van der Waals surface area contributed by atoms with Crippen molar-refractivity contribution in [3.8, 4) is 0 Å². The number of hydrogen-bond donors (Lipinski definition) is 1. The van der Waals surface area contributed by atoms with Gasteiger partial charge in [-0.3, -0.25) is 0 Å². The van der Waals surface area contributed by atoms with Gasteiger partial charge in [-0.2, -0.15) is 11.8 Å². The van der Waals surface area contributed by atoms with Gasteiger partial charge in [-0.25, -0.2) is 0 Å². The molecule has 0 aromatic rings. The Kier molecular flexibility index (Phi) is 2.99. The van der Waals surface area contributed by atoms with Gasteiger partial charge in [-0.05, 0) is 67.4 Å². The van der Waals surface area contributed by atoms with E-state index >= 15 is 0 Å².